The molecule has 0 unspecified atom stereocenters. The van der Waals surface area contributed by atoms with Gasteiger partial charge >= 0.3 is 5.97 Å². The smallest absolute Gasteiger partial charge is 0.311 e. The van der Waals surface area contributed by atoms with E-state index in [1.54, 1.807) is 0 Å². The highest BCUT2D eigenvalue weighted by molar-refractivity contribution is 5.75. The standard InChI is InChI=1S/C24H40O5/c1-21(2,3)20(27)29-19-9-12-24(28)18-6-5-15-13-16(26)7-11-23(15,14-25)17(18)8-10-22(19,24)4/h15-19,25-26,28H,5-14H2,1-4H3/t15-,16-,17-,18+,19-,22+,23+,24-/m0/s1. The maximum Gasteiger partial charge on any atom is 0.311 e. The zero-order valence-electron chi connectivity index (χ0n) is 18.6. The lowest BCUT2D eigenvalue weighted by molar-refractivity contribution is -0.231. The number of fused-ring (bicyclic) bond motifs is 5. The molecule has 0 bridgehead atoms. The summed E-state index contributed by atoms with van der Waals surface area (Å²) in [5.74, 6) is 0.584. The van der Waals surface area contributed by atoms with Crippen LogP contribution in [-0.4, -0.2) is 45.7 Å². The minimum atomic E-state index is -0.845. The zero-order chi connectivity index (χ0) is 21.2. The summed E-state index contributed by atoms with van der Waals surface area (Å²) in [6.45, 7) is 7.90. The Kier molecular flexibility index (Phi) is 5.16. The van der Waals surface area contributed by atoms with E-state index in [0.29, 0.717) is 18.8 Å². The average Bonchev–Trinajstić information content (AvgIpc) is 2.92. The van der Waals surface area contributed by atoms with Crippen molar-refractivity contribution in [3.05, 3.63) is 0 Å². The Labute approximate surface area is 175 Å². The monoisotopic (exact) mass is 408 g/mol. The van der Waals surface area contributed by atoms with Crippen LogP contribution in [0.25, 0.3) is 0 Å². The van der Waals surface area contributed by atoms with Gasteiger partial charge in [0.25, 0.3) is 0 Å². The van der Waals surface area contributed by atoms with Crippen molar-refractivity contribution in [1.82, 2.24) is 0 Å². The lowest BCUT2D eigenvalue weighted by Gasteiger charge is -2.63. The summed E-state index contributed by atoms with van der Waals surface area (Å²) in [4.78, 5) is 12.6. The van der Waals surface area contributed by atoms with Gasteiger partial charge in [-0.05, 0) is 102 Å². The number of rotatable bonds is 2. The van der Waals surface area contributed by atoms with Crippen LogP contribution in [0.4, 0.5) is 0 Å². The molecular weight excluding hydrogens is 368 g/mol. The van der Waals surface area contributed by atoms with Crippen LogP contribution in [0.15, 0.2) is 0 Å². The third-order valence-electron chi connectivity index (χ3n) is 9.59. The molecule has 8 atom stereocenters. The number of hydrogen-bond donors (Lipinski definition) is 3. The Morgan fingerprint density at radius 2 is 1.76 bits per heavy atom. The number of carbonyl (C=O) groups is 1. The lowest BCUT2D eigenvalue weighted by atomic mass is 9.43. The minimum Gasteiger partial charge on any atom is -0.461 e. The number of ether oxygens (including phenoxy) is 1. The molecule has 0 aliphatic heterocycles. The highest BCUT2D eigenvalue weighted by atomic mass is 16.5. The van der Waals surface area contributed by atoms with Crippen molar-refractivity contribution in [3.63, 3.8) is 0 Å². The fourth-order valence-electron chi connectivity index (χ4n) is 7.75. The van der Waals surface area contributed by atoms with E-state index in [1.165, 1.54) is 0 Å². The van der Waals surface area contributed by atoms with Crippen LogP contribution in [0.2, 0.25) is 0 Å². The van der Waals surface area contributed by atoms with Gasteiger partial charge in [0.15, 0.2) is 0 Å². The molecule has 4 aliphatic carbocycles. The summed E-state index contributed by atoms with van der Waals surface area (Å²) in [5, 5.41) is 32.8. The van der Waals surface area contributed by atoms with E-state index < -0.39 is 16.4 Å². The third-order valence-corrected chi connectivity index (χ3v) is 9.59. The molecule has 4 fully saturated rings. The van der Waals surface area contributed by atoms with Gasteiger partial charge in [-0.3, -0.25) is 4.79 Å². The van der Waals surface area contributed by atoms with E-state index in [2.05, 4.69) is 6.92 Å². The van der Waals surface area contributed by atoms with Crippen molar-refractivity contribution < 1.29 is 24.9 Å². The molecule has 5 nitrogen and oxygen atoms in total. The molecular formula is C24H40O5. The van der Waals surface area contributed by atoms with E-state index in [1.807, 2.05) is 20.8 Å². The summed E-state index contributed by atoms with van der Waals surface area (Å²) in [6.07, 6.45) is 6.97. The third kappa shape index (κ3) is 3.02. The van der Waals surface area contributed by atoms with E-state index in [-0.39, 0.29) is 42.0 Å². The highest BCUT2D eigenvalue weighted by Crippen LogP contribution is 2.68. The molecule has 166 valence electrons. The van der Waals surface area contributed by atoms with Gasteiger partial charge in [0.05, 0.1) is 17.1 Å². The van der Waals surface area contributed by atoms with E-state index >= 15 is 0 Å². The largest absolute Gasteiger partial charge is 0.461 e. The van der Waals surface area contributed by atoms with Crippen LogP contribution in [-0.2, 0) is 9.53 Å². The van der Waals surface area contributed by atoms with Gasteiger partial charge in [0.1, 0.15) is 6.10 Å². The zero-order valence-corrected chi connectivity index (χ0v) is 18.6. The van der Waals surface area contributed by atoms with Gasteiger partial charge in [0, 0.05) is 12.0 Å². The molecule has 29 heavy (non-hydrogen) atoms. The topological polar surface area (TPSA) is 87.0 Å². The number of carbonyl (C=O) groups excluding carboxylic acids is 1. The van der Waals surface area contributed by atoms with Crippen LogP contribution in [0.1, 0.15) is 85.5 Å². The van der Waals surface area contributed by atoms with Gasteiger partial charge in [-0.25, -0.2) is 0 Å². The molecule has 0 saturated heterocycles. The normalized spacial score (nSPS) is 49.7. The molecule has 0 radical (unpaired) electrons. The van der Waals surface area contributed by atoms with E-state index in [4.69, 9.17) is 4.74 Å². The number of aliphatic hydroxyl groups is 3. The van der Waals surface area contributed by atoms with Gasteiger partial charge in [-0.1, -0.05) is 6.92 Å². The second-order valence-corrected chi connectivity index (χ2v) is 11.9. The molecule has 4 aliphatic rings. The van der Waals surface area contributed by atoms with E-state index in [0.717, 1.165) is 44.9 Å². The van der Waals surface area contributed by atoms with Gasteiger partial charge in [-0.15, -0.1) is 0 Å². The van der Waals surface area contributed by atoms with E-state index in [9.17, 15) is 20.1 Å². The van der Waals surface area contributed by atoms with Crippen LogP contribution in [0, 0.1) is 34.0 Å². The SMILES string of the molecule is CC(C)(C)C(=O)O[C@H]1CC[C@]2(O)[C@@H]3CC[C@H]4C[C@@H](O)CC[C@]4(CO)[C@H]3CC[C@]12C. The summed E-state index contributed by atoms with van der Waals surface area (Å²) in [6, 6.07) is 0. The predicted octanol–water partition coefficient (Wildman–Crippen LogP) is 3.44. The molecule has 0 amide bonds. The molecule has 0 aromatic rings. The van der Waals surface area contributed by atoms with Crippen molar-refractivity contribution in [2.24, 2.45) is 34.0 Å². The Hall–Kier alpha value is -0.650. The van der Waals surface area contributed by atoms with Gasteiger partial charge in [0.2, 0.25) is 0 Å². The lowest BCUT2D eigenvalue weighted by Crippen LogP contribution is -2.64. The number of hydrogen-bond acceptors (Lipinski definition) is 5. The molecule has 4 saturated carbocycles. The first kappa shape index (κ1) is 21.6. The van der Waals surface area contributed by atoms with Crippen LogP contribution in [0.5, 0.6) is 0 Å². The Bertz CT molecular complexity index is 656. The second kappa shape index (κ2) is 6.93. The van der Waals surface area contributed by atoms with Crippen LogP contribution >= 0.6 is 0 Å². The van der Waals surface area contributed by atoms with Crippen LogP contribution in [0.3, 0.4) is 0 Å². The van der Waals surface area contributed by atoms with Crippen molar-refractivity contribution in [1.29, 1.82) is 0 Å². The fraction of sp³-hybridized carbons (Fsp3) is 0.958. The van der Waals surface area contributed by atoms with Gasteiger partial charge in [-0.2, -0.15) is 0 Å². The summed E-state index contributed by atoms with van der Waals surface area (Å²) < 4.78 is 5.98. The first-order chi connectivity index (χ1) is 13.5. The molecule has 3 N–H and O–H groups in total. The van der Waals surface area contributed by atoms with Crippen molar-refractivity contribution >= 4 is 5.97 Å². The fourth-order valence-corrected chi connectivity index (χ4v) is 7.75. The number of esters is 1. The van der Waals surface area contributed by atoms with Crippen molar-refractivity contribution in [3.8, 4) is 0 Å². The number of aliphatic hydroxyl groups excluding tert-OH is 2. The Morgan fingerprint density at radius 3 is 2.41 bits per heavy atom. The first-order valence-corrected chi connectivity index (χ1v) is 11.7. The first-order valence-electron chi connectivity index (χ1n) is 11.7. The average molecular weight is 409 g/mol. The maximum atomic E-state index is 12.6. The van der Waals surface area contributed by atoms with Gasteiger partial charge < -0.3 is 20.1 Å². The van der Waals surface area contributed by atoms with Crippen molar-refractivity contribution in [2.75, 3.05) is 6.61 Å². The molecule has 0 spiro atoms. The molecule has 0 heterocycles. The van der Waals surface area contributed by atoms with Crippen molar-refractivity contribution in [2.45, 2.75) is 103 Å². The maximum absolute atomic E-state index is 12.6. The molecule has 0 aromatic carbocycles. The summed E-state index contributed by atoms with van der Waals surface area (Å²) in [7, 11) is 0. The molecule has 5 heteroatoms. The second-order valence-electron chi connectivity index (χ2n) is 11.9. The summed E-state index contributed by atoms with van der Waals surface area (Å²) in [5.41, 5.74) is -1.98. The highest BCUT2D eigenvalue weighted by Gasteiger charge is 2.69. The summed E-state index contributed by atoms with van der Waals surface area (Å²) >= 11 is 0. The Morgan fingerprint density at radius 1 is 1.03 bits per heavy atom. The Balaban J connectivity index is 1.61. The minimum absolute atomic E-state index is 0.137. The van der Waals surface area contributed by atoms with Crippen LogP contribution < -0.4 is 0 Å². The predicted molar refractivity (Wildman–Crippen MR) is 110 cm³/mol. The molecule has 4 rings (SSSR count). The molecule has 0 aromatic heterocycles. The quantitative estimate of drug-likeness (QED) is 0.609.